The Morgan fingerprint density at radius 3 is 2.26 bits per heavy atom. The summed E-state index contributed by atoms with van der Waals surface area (Å²) in [6.07, 6.45) is 4.62. The Kier molecular flexibility index (Phi) is 9.22. The highest BCUT2D eigenvalue weighted by molar-refractivity contribution is 7.99. The van der Waals surface area contributed by atoms with Crippen LogP contribution in [0, 0.1) is 0 Å². The third-order valence-electron chi connectivity index (χ3n) is 5.08. The molecule has 0 radical (unpaired) electrons. The van der Waals surface area contributed by atoms with Crippen molar-refractivity contribution in [1.82, 2.24) is 14.9 Å². The Hall–Kier alpha value is -2.53. The van der Waals surface area contributed by atoms with Crippen molar-refractivity contribution < 1.29 is 4.79 Å². The summed E-state index contributed by atoms with van der Waals surface area (Å²) in [4.78, 5) is 16.7. The summed E-state index contributed by atoms with van der Waals surface area (Å²) in [6, 6.07) is 21.0. The van der Waals surface area contributed by atoms with Crippen LogP contribution in [0.4, 0.5) is 0 Å². The smallest absolute Gasteiger partial charge is 0.219 e. The highest BCUT2D eigenvalue weighted by Crippen LogP contribution is 2.36. The van der Waals surface area contributed by atoms with Crippen LogP contribution in [0.3, 0.4) is 0 Å². The molecule has 31 heavy (non-hydrogen) atoms. The summed E-state index contributed by atoms with van der Waals surface area (Å²) < 4.78 is 2.38. The first kappa shape index (κ1) is 23.1. The summed E-state index contributed by atoms with van der Waals surface area (Å²) in [5.74, 6) is 1.15. The summed E-state index contributed by atoms with van der Waals surface area (Å²) >= 11 is 1.82. The Balaban J connectivity index is 1.77. The van der Waals surface area contributed by atoms with Gasteiger partial charge in [0.1, 0.15) is 0 Å². The number of hydrogen-bond acceptors (Lipinski definition) is 3. The number of carbonyl (C=O) groups excluding carboxylic acids is 1. The number of rotatable bonds is 12. The summed E-state index contributed by atoms with van der Waals surface area (Å²) in [7, 11) is 0. The Morgan fingerprint density at radius 2 is 1.61 bits per heavy atom. The summed E-state index contributed by atoms with van der Waals surface area (Å²) in [5.41, 5.74) is 4.60. The van der Waals surface area contributed by atoms with E-state index in [1.165, 1.54) is 11.3 Å². The molecular weight excluding hydrogens is 402 g/mol. The maximum atomic E-state index is 11.6. The molecule has 164 valence electrons. The lowest BCUT2D eigenvalue weighted by Gasteiger charge is -2.12. The molecule has 0 aliphatic rings. The van der Waals surface area contributed by atoms with E-state index in [1.54, 1.807) is 0 Å². The van der Waals surface area contributed by atoms with Crippen molar-refractivity contribution in [2.45, 2.75) is 57.7 Å². The molecule has 0 aliphatic carbocycles. The van der Waals surface area contributed by atoms with Crippen LogP contribution in [-0.4, -0.2) is 27.8 Å². The fourth-order valence-electron chi connectivity index (χ4n) is 3.59. The molecule has 5 heteroatoms. The van der Waals surface area contributed by atoms with Crippen molar-refractivity contribution in [3.8, 4) is 22.5 Å². The lowest BCUT2D eigenvalue weighted by atomic mass is 10.0. The number of aromatic nitrogens is 2. The predicted octanol–water partition coefficient (Wildman–Crippen LogP) is 6.42. The largest absolute Gasteiger partial charge is 0.356 e. The fourth-order valence-corrected chi connectivity index (χ4v) is 4.62. The molecule has 4 nitrogen and oxygen atoms in total. The van der Waals surface area contributed by atoms with Crippen LogP contribution < -0.4 is 5.32 Å². The molecular formula is C26H33N3OS. The standard InChI is InChI=1S/C26H33N3OS/c1-3-13-23(30)27-18-11-12-20-31-26-28-24(21-14-7-5-8-15-21)25(29(26)19-4-2)22-16-9-6-10-17-22/h5-10,14-17H,3-4,11-13,18-20H2,1-2H3,(H,27,30). The van der Waals surface area contributed by atoms with Gasteiger partial charge in [0.15, 0.2) is 5.16 Å². The van der Waals surface area contributed by atoms with Crippen molar-refractivity contribution in [1.29, 1.82) is 0 Å². The number of imidazole rings is 1. The van der Waals surface area contributed by atoms with Crippen LogP contribution in [0.15, 0.2) is 65.8 Å². The number of unbranched alkanes of at least 4 members (excludes halogenated alkanes) is 1. The van der Waals surface area contributed by atoms with Gasteiger partial charge in [0.25, 0.3) is 0 Å². The second-order valence-electron chi connectivity index (χ2n) is 7.63. The molecule has 1 amide bonds. The minimum absolute atomic E-state index is 0.161. The molecule has 1 N–H and O–H groups in total. The van der Waals surface area contributed by atoms with Gasteiger partial charge in [-0.2, -0.15) is 0 Å². The maximum absolute atomic E-state index is 11.6. The molecule has 0 bridgehead atoms. The number of nitrogens with one attached hydrogen (secondary N) is 1. The van der Waals surface area contributed by atoms with E-state index in [0.29, 0.717) is 6.42 Å². The van der Waals surface area contributed by atoms with Gasteiger partial charge in [-0.15, -0.1) is 0 Å². The first-order chi connectivity index (χ1) is 15.2. The zero-order valence-electron chi connectivity index (χ0n) is 18.6. The zero-order valence-corrected chi connectivity index (χ0v) is 19.5. The monoisotopic (exact) mass is 435 g/mol. The molecule has 0 aliphatic heterocycles. The van der Waals surface area contributed by atoms with Gasteiger partial charge in [-0.1, -0.05) is 86.3 Å². The van der Waals surface area contributed by atoms with Gasteiger partial charge in [-0.05, 0) is 25.7 Å². The normalized spacial score (nSPS) is 10.9. The quantitative estimate of drug-likeness (QED) is 0.264. The Labute approximate surface area is 190 Å². The number of carbonyl (C=O) groups is 1. The van der Waals surface area contributed by atoms with E-state index in [4.69, 9.17) is 4.98 Å². The highest BCUT2D eigenvalue weighted by Gasteiger charge is 2.19. The van der Waals surface area contributed by atoms with Crippen LogP contribution in [0.1, 0.15) is 46.0 Å². The van der Waals surface area contributed by atoms with Crippen LogP contribution in [0.5, 0.6) is 0 Å². The molecule has 1 heterocycles. The van der Waals surface area contributed by atoms with Crippen molar-refractivity contribution >= 4 is 17.7 Å². The molecule has 0 saturated carbocycles. The molecule has 2 aromatic carbocycles. The van der Waals surface area contributed by atoms with E-state index in [-0.39, 0.29) is 5.91 Å². The molecule has 0 spiro atoms. The van der Waals surface area contributed by atoms with E-state index in [1.807, 2.05) is 24.8 Å². The van der Waals surface area contributed by atoms with Crippen LogP contribution >= 0.6 is 11.8 Å². The molecule has 0 atom stereocenters. The second kappa shape index (κ2) is 12.4. The third kappa shape index (κ3) is 6.47. The molecule has 0 unspecified atom stereocenters. The van der Waals surface area contributed by atoms with E-state index in [2.05, 4.69) is 71.4 Å². The average Bonchev–Trinajstić information content (AvgIpc) is 3.16. The molecule has 0 fully saturated rings. The molecule has 0 saturated heterocycles. The van der Waals surface area contributed by atoms with E-state index in [9.17, 15) is 4.79 Å². The number of nitrogens with zero attached hydrogens (tertiary/aromatic N) is 2. The van der Waals surface area contributed by atoms with Gasteiger partial charge in [0.2, 0.25) is 5.91 Å². The van der Waals surface area contributed by atoms with Crippen LogP contribution in [0.25, 0.3) is 22.5 Å². The summed E-state index contributed by atoms with van der Waals surface area (Å²) in [6.45, 7) is 5.94. The first-order valence-electron chi connectivity index (χ1n) is 11.4. The van der Waals surface area contributed by atoms with E-state index < -0.39 is 0 Å². The van der Waals surface area contributed by atoms with Gasteiger partial charge >= 0.3 is 0 Å². The van der Waals surface area contributed by atoms with Gasteiger partial charge in [0, 0.05) is 36.4 Å². The lowest BCUT2D eigenvalue weighted by Crippen LogP contribution is -2.23. The topological polar surface area (TPSA) is 46.9 Å². The number of thioether (sulfide) groups is 1. The number of hydrogen-bond donors (Lipinski definition) is 1. The average molecular weight is 436 g/mol. The fraction of sp³-hybridized carbons (Fsp3) is 0.385. The van der Waals surface area contributed by atoms with Crippen molar-refractivity contribution in [3.05, 3.63) is 60.7 Å². The maximum Gasteiger partial charge on any atom is 0.219 e. The van der Waals surface area contributed by atoms with Gasteiger partial charge in [-0.3, -0.25) is 4.79 Å². The third-order valence-corrected chi connectivity index (χ3v) is 6.14. The van der Waals surface area contributed by atoms with Crippen molar-refractivity contribution in [2.75, 3.05) is 12.3 Å². The zero-order chi connectivity index (χ0) is 21.9. The van der Waals surface area contributed by atoms with Crippen molar-refractivity contribution in [3.63, 3.8) is 0 Å². The minimum atomic E-state index is 0.161. The van der Waals surface area contributed by atoms with Crippen LogP contribution in [0.2, 0.25) is 0 Å². The SMILES string of the molecule is CCCC(=O)NCCCCSc1nc(-c2ccccc2)c(-c2ccccc2)n1CCC. The van der Waals surface area contributed by atoms with Gasteiger partial charge in [0.05, 0.1) is 11.4 Å². The molecule has 3 aromatic rings. The van der Waals surface area contributed by atoms with Crippen molar-refractivity contribution in [2.24, 2.45) is 0 Å². The Bertz CT molecular complexity index is 938. The van der Waals surface area contributed by atoms with Gasteiger partial charge in [-0.25, -0.2) is 4.98 Å². The minimum Gasteiger partial charge on any atom is -0.356 e. The molecule has 3 rings (SSSR count). The summed E-state index contributed by atoms with van der Waals surface area (Å²) in [5, 5.41) is 4.08. The number of benzene rings is 2. The van der Waals surface area contributed by atoms with E-state index in [0.717, 1.165) is 60.9 Å². The molecule has 1 aromatic heterocycles. The number of amides is 1. The Morgan fingerprint density at radius 1 is 0.935 bits per heavy atom. The second-order valence-corrected chi connectivity index (χ2v) is 8.69. The lowest BCUT2D eigenvalue weighted by molar-refractivity contribution is -0.121. The van der Waals surface area contributed by atoms with E-state index >= 15 is 0 Å². The predicted molar refractivity (Wildman–Crippen MR) is 131 cm³/mol. The first-order valence-corrected chi connectivity index (χ1v) is 12.3. The highest BCUT2D eigenvalue weighted by atomic mass is 32.2. The van der Waals surface area contributed by atoms with Gasteiger partial charge < -0.3 is 9.88 Å². The van der Waals surface area contributed by atoms with Crippen LogP contribution in [-0.2, 0) is 11.3 Å².